The van der Waals surface area contributed by atoms with Gasteiger partial charge in [-0.25, -0.2) is 0 Å². The van der Waals surface area contributed by atoms with E-state index in [2.05, 4.69) is 10.2 Å². The molecule has 126 valence electrons. The second kappa shape index (κ2) is 6.98. The first-order chi connectivity index (χ1) is 11.8. The van der Waals surface area contributed by atoms with Crippen molar-refractivity contribution in [3.8, 4) is 11.5 Å². The quantitative estimate of drug-likeness (QED) is 0.779. The minimum Gasteiger partial charge on any atom is -0.486 e. The fourth-order valence-electron chi connectivity index (χ4n) is 3.11. The Morgan fingerprint density at radius 3 is 3.04 bits per heavy atom. The topological polar surface area (TPSA) is 64.6 Å². The molecule has 4 rings (SSSR count). The van der Waals surface area contributed by atoms with Crippen molar-refractivity contribution in [1.29, 1.82) is 0 Å². The first-order valence-corrected chi connectivity index (χ1v) is 9.76. The molecule has 1 aromatic carbocycles. The van der Waals surface area contributed by atoms with E-state index in [-0.39, 0.29) is 11.9 Å². The van der Waals surface area contributed by atoms with E-state index in [4.69, 9.17) is 9.47 Å². The summed E-state index contributed by atoms with van der Waals surface area (Å²) in [4.78, 5) is 14.6. The van der Waals surface area contributed by atoms with Gasteiger partial charge in [-0.05, 0) is 30.5 Å². The van der Waals surface area contributed by atoms with E-state index >= 15 is 0 Å². The van der Waals surface area contributed by atoms with Gasteiger partial charge in [-0.15, -0.1) is 10.2 Å². The lowest BCUT2D eigenvalue weighted by Gasteiger charge is -2.26. The maximum atomic E-state index is 12.6. The molecule has 2 aromatic rings. The normalized spacial score (nSPS) is 19.5. The molecular formula is C16H17N3O3S2. The summed E-state index contributed by atoms with van der Waals surface area (Å²) in [6.45, 7) is 1.96. The maximum absolute atomic E-state index is 12.6. The number of ether oxygens (including phenoxy) is 2. The third-order valence-corrected chi connectivity index (χ3v) is 6.03. The molecule has 1 atom stereocenters. The van der Waals surface area contributed by atoms with Crippen LogP contribution in [0, 0.1) is 0 Å². The third kappa shape index (κ3) is 3.21. The van der Waals surface area contributed by atoms with Crippen molar-refractivity contribution >= 4 is 29.0 Å². The molecular weight excluding hydrogens is 346 g/mol. The second-order valence-corrected chi connectivity index (χ2v) is 7.70. The Morgan fingerprint density at radius 1 is 1.33 bits per heavy atom. The smallest absolute Gasteiger partial charge is 0.233 e. The number of aromatic nitrogens is 2. The van der Waals surface area contributed by atoms with E-state index in [1.165, 1.54) is 23.1 Å². The maximum Gasteiger partial charge on any atom is 0.233 e. The van der Waals surface area contributed by atoms with Crippen LogP contribution < -0.4 is 9.47 Å². The van der Waals surface area contributed by atoms with Crippen molar-refractivity contribution < 1.29 is 14.3 Å². The van der Waals surface area contributed by atoms with Gasteiger partial charge >= 0.3 is 0 Å². The van der Waals surface area contributed by atoms with Gasteiger partial charge in [0, 0.05) is 6.54 Å². The Labute approximate surface area is 148 Å². The summed E-state index contributed by atoms with van der Waals surface area (Å²) in [5.74, 6) is 2.11. The molecule has 8 heteroatoms. The number of nitrogens with zero attached hydrogens (tertiary/aromatic N) is 3. The highest BCUT2D eigenvalue weighted by molar-refractivity contribution is 8.01. The second-order valence-electron chi connectivity index (χ2n) is 5.64. The lowest BCUT2D eigenvalue weighted by atomic mass is 10.0. The number of hydrogen-bond donors (Lipinski definition) is 0. The summed E-state index contributed by atoms with van der Waals surface area (Å²) >= 11 is 2.91. The lowest BCUT2D eigenvalue weighted by Crippen LogP contribution is -2.32. The fourth-order valence-corrected chi connectivity index (χ4v) is 4.49. The van der Waals surface area contributed by atoms with E-state index in [1.807, 2.05) is 23.1 Å². The first-order valence-electron chi connectivity index (χ1n) is 7.89. The summed E-state index contributed by atoms with van der Waals surface area (Å²) in [6.07, 6.45) is 2.00. The van der Waals surface area contributed by atoms with Crippen LogP contribution in [0.4, 0.5) is 0 Å². The van der Waals surface area contributed by atoms with Crippen LogP contribution in [0.3, 0.4) is 0 Å². The van der Waals surface area contributed by atoms with Crippen molar-refractivity contribution in [1.82, 2.24) is 15.1 Å². The zero-order chi connectivity index (χ0) is 16.4. The number of benzene rings is 1. The molecule has 24 heavy (non-hydrogen) atoms. The number of likely N-dealkylation sites (tertiary alicyclic amines) is 1. The predicted molar refractivity (Wildman–Crippen MR) is 91.8 cm³/mol. The monoisotopic (exact) mass is 363 g/mol. The highest BCUT2D eigenvalue weighted by Crippen LogP contribution is 2.38. The van der Waals surface area contributed by atoms with Gasteiger partial charge in [0.05, 0.1) is 11.8 Å². The Morgan fingerprint density at radius 2 is 2.21 bits per heavy atom. The van der Waals surface area contributed by atoms with Gasteiger partial charge < -0.3 is 14.4 Å². The summed E-state index contributed by atoms with van der Waals surface area (Å²) in [5.41, 5.74) is 2.80. The van der Waals surface area contributed by atoms with Gasteiger partial charge in [-0.1, -0.05) is 29.2 Å². The molecule has 0 spiro atoms. The molecule has 0 radical (unpaired) electrons. The number of rotatable bonds is 4. The van der Waals surface area contributed by atoms with Gasteiger partial charge in [0.25, 0.3) is 0 Å². The van der Waals surface area contributed by atoms with Crippen molar-refractivity contribution in [3.05, 3.63) is 29.3 Å². The zero-order valence-electron chi connectivity index (χ0n) is 13.0. The predicted octanol–water partition coefficient (Wildman–Crippen LogP) is 2.77. The van der Waals surface area contributed by atoms with Gasteiger partial charge in [0.1, 0.15) is 18.7 Å². The highest BCUT2D eigenvalue weighted by Gasteiger charge is 2.30. The van der Waals surface area contributed by atoms with Crippen LogP contribution in [-0.4, -0.2) is 46.5 Å². The van der Waals surface area contributed by atoms with E-state index in [0.717, 1.165) is 40.8 Å². The molecule has 0 saturated carbocycles. The Bertz CT molecular complexity index is 723. The van der Waals surface area contributed by atoms with E-state index in [9.17, 15) is 4.79 Å². The number of carbonyl (C=O) groups excluding carboxylic acids is 1. The summed E-state index contributed by atoms with van der Waals surface area (Å²) in [6, 6.07) is 6.12. The number of thioether (sulfide) groups is 1. The van der Waals surface area contributed by atoms with Crippen molar-refractivity contribution in [3.63, 3.8) is 0 Å². The lowest BCUT2D eigenvalue weighted by molar-refractivity contribution is -0.129. The fraction of sp³-hybridized carbons (Fsp3) is 0.438. The van der Waals surface area contributed by atoms with Crippen LogP contribution in [-0.2, 0) is 4.79 Å². The first kappa shape index (κ1) is 15.7. The summed E-state index contributed by atoms with van der Waals surface area (Å²) in [7, 11) is 0. The van der Waals surface area contributed by atoms with Crippen LogP contribution in [0.25, 0.3) is 0 Å². The van der Waals surface area contributed by atoms with Gasteiger partial charge in [0.2, 0.25) is 5.91 Å². The molecule has 0 bridgehead atoms. The third-order valence-electron chi connectivity index (χ3n) is 4.18. The molecule has 1 saturated heterocycles. The highest BCUT2D eigenvalue weighted by atomic mass is 32.2. The molecule has 0 aliphatic carbocycles. The molecule has 2 aliphatic rings. The molecule has 0 N–H and O–H groups in total. The number of amides is 1. The Hall–Kier alpha value is -1.80. The van der Waals surface area contributed by atoms with Crippen molar-refractivity contribution in [2.75, 3.05) is 25.5 Å². The van der Waals surface area contributed by atoms with Crippen LogP contribution in [0.5, 0.6) is 11.5 Å². The van der Waals surface area contributed by atoms with Crippen LogP contribution in [0.15, 0.2) is 28.0 Å². The molecule has 3 heterocycles. The standard InChI is InChI=1S/C16H17N3O3S2/c20-15(9-23-16-18-17-10-24-16)19-5-1-2-12(19)11-3-4-13-14(8-11)22-7-6-21-13/h3-4,8,10,12H,1-2,5-7,9H2/t12-/m1/s1. The zero-order valence-corrected chi connectivity index (χ0v) is 14.6. The number of hydrogen-bond acceptors (Lipinski definition) is 7. The molecule has 1 amide bonds. The Kier molecular flexibility index (Phi) is 4.57. The van der Waals surface area contributed by atoms with Gasteiger partial charge in [-0.3, -0.25) is 4.79 Å². The summed E-state index contributed by atoms with van der Waals surface area (Å²) in [5, 5.41) is 7.77. The minimum atomic E-state index is 0.114. The van der Waals surface area contributed by atoms with Gasteiger partial charge in [-0.2, -0.15) is 0 Å². The molecule has 6 nitrogen and oxygen atoms in total. The van der Waals surface area contributed by atoms with E-state index < -0.39 is 0 Å². The molecule has 1 aromatic heterocycles. The number of fused-ring (bicyclic) bond motifs is 1. The van der Waals surface area contributed by atoms with Crippen LogP contribution in [0.1, 0.15) is 24.4 Å². The number of carbonyl (C=O) groups is 1. The van der Waals surface area contributed by atoms with Gasteiger partial charge in [0.15, 0.2) is 15.8 Å². The minimum absolute atomic E-state index is 0.114. The van der Waals surface area contributed by atoms with Crippen LogP contribution >= 0.6 is 23.1 Å². The molecule has 0 unspecified atom stereocenters. The van der Waals surface area contributed by atoms with E-state index in [1.54, 1.807) is 5.51 Å². The van der Waals surface area contributed by atoms with Crippen molar-refractivity contribution in [2.24, 2.45) is 0 Å². The summed E-state index contributed by atoms with van der Waals surface area (Å²) < 4.78 is 12.1. The molecule has 2 aliphatic heterocycles. The Balaban J connectivity index is 1.47. The van der Waals surface area contributed by atoms with E-state index in [0.29, 0.717) is 19.0 Å². The largest absolute Gasteiger partial charge is 0.486 e. The average Bonchev–Trinajstić information content (AvgIpc) is 3.31. The molecule has 1 fully saturated rings. The van der Waals surface area contributed by atoms with Crippen LogP contribution in [0.2, 0.25) is 0 Å². The van der Waals surface area contributed by atoms with Crippen molar-refractivity contribution in [2.45, 2.75) is 23.2 Å². The average molecular weight is 363 g/mol. The SMILES string of the molecule is O=C(CSc1nncs1)N1CCC[C@@H]1c1ccc2c(c1)OCCO2.